The molecule has 0 bridgehead atoms. The van der Waals surface area contributed by atoms with Crippen molar-refractivity contribution in [3.63, 3.8) is 0 Å². The standard InChI is InChI=1S/C29H31ClN6/c1-21-26(29(35-15-6-3-7-16-35)36(33-21)25-8-4-2-5-9-25)20-34-17-14-27-23(19-34)18-31-28(32-27)22-10-12-24(30)13-11-22/h2,4-5,8-13,18H,3,6-7,14-17,19-20H2,1H3. The maximum Gasteiger partial charge on any atom is 0.159 e. The van der Waals surface area contributed by atoms with Crippen LogP contribution in [-0.2, 0) is 19.5 Å². The Kier molecular flexibility index (Phi) is 6.46. The summed E-state index contributed by atoms with van der Waals surface area (Å²) < 4.78 is 2.16. The van der Waals surface area contributed by atoms with E-state index in [-0.39, 0.29) is 0 Å². The van der Waals surface area contributed by atoms with E-state index in [0.717, 1.165) is 72.6 Å². The lowest BCUT2D eigenvalue weighted by Crippen LogP contribution is -2.34. The molecule has 0 spiro atoms. The second-order valence-electron chi connectivity index (χ2n) is 9.82. The molecule has 1 saturated heterocycles. The molecule has 0 radical (unpaired) electrons. The fourth-order valence-corrected chi connectivity index (χ4v) is 5.51. The van der Waals surface area contributed by atoms with E-state index in [9.17, 15) is 0 Å². The van der Waals surface area contributed by atoms with E-state index in [1.54, 1.807) is 0 Å². The maximum absolute atomic E-state index is 6.05. The van der Waals surface area contributed by atoms with Crippen molar-refractivity contribution < 1.29 is 0 Å². The highest BCUT2D eigenvalue weighted by atomic mass is 35.5. The highest BCUT2D eigenvalue weighted by Crippen LogP contribution is 2.32. The van der Waals surface area contributed by atoms with E-state index < -0.39 is 0 Å². The van der Waals surface area contributed by atoms with Gasteiger partial charge in [-0.05, 0) is 62.6 Å². The Labute approximate surface area is 217 Å². The second kappa shape index (κ2) is 10.0. The Hall–Kier alpha value is -3.22. The zero-order chi connectivity index (χ0) is 24.5. The van der Waals surface area contributed by atoms with Crippen LogP contribution in [0.3, 0.4) is 0 Å². The SMILES string of the molecule is Cc1nn(-c2ccccc2)c(N2CCCCC2)c1CN1CCc2nc(-c3ccc(Cl)cc3)ncc2C1. The minimum absolute atomic E-state index is 0.724. The van der Waals surface area contributed by atoms with Gasteiger partial charge in [0.05, 0.1) is 17.1 Å². The third kappa shape index (κ3) is 4.63. The van der Waals surface area contributed by atoms with Crippen molar-refractivity contribution in [2.24, 2.45) is 0 Å². The summed E-state index contributed by atoms with van der Waals surface area (Å²) in [4.78, 5) is 14.6. The highest BCUT2D eigenvalue weighted by molar-refractivity contribution is 6.30. The van der Waals surface area contributed by atoms with E-state index in [1.807, 2.05) is 30.5 Å². The summed E-state index contributed by atoms with van der Waals surface area (Å²) in [6.07, 6.45) is 6.71. The lowest BCUT2D eigenvalue weighted by Gasteiger charge is -2.32. The van der Waals surface area contributed by atoms with Gasteiger partial charge in [0.2, 0.25) is 0 Å². The average Bonchev–Trinajstić information content (AvgIpc) is 3.25. The van der Waals surface area contributed by atoms with Crippen molar-refractivity contribution >= 4 is 17.4 Å². The molecule has 0 atom stereocenters. The fourth-order valence-electron chi connectivity index (χ4n) is 5.38. The van der Waals surface area contributed by atoms with Crippen molar-refractivity contribution in [2.45, 2.75) is 45.7 Å². The highest BCUT2D eigenvalue weighted by Gasteiger charge is 2.26. The van der Waals surface area contributed by atoms with E-state index in [1.165, 1.54) is 36.2 Å². The number of rotatable bonds is 5. The minimum Gasteiger partial charge on any atom is -0.356 e. The molecule has 7 heteroatoms. The quantitative estimate of drug-likeness (QED) is 0.346. The Bertz CT molecular complexity index is 1340. The van der Waals surface area contributed by atoms with Crippen LogP contribution in [0.4, 0.5) is 5.82 Å². The van der Waals surface area contributed by atoms with Crippen LogP contribution in [0.25, 0.3) is 17.1 Å². The average molecular weight is 499 g/mol. The molecule has 2 aliphatic rings. The number of fused-ring (bicyclic) bond motifs is 1. The first-order valence-corrected chi connectivity index (χ1v) is 13.3. The fraction of sp³-hybridized carbons (Fsp3) is 0.345. The zero-order valence-electron chi connectivity index (χ0n) is 20.7. The van der Waals surface area contributed by atoms with Crippen LogP contribution in [0.1, 0.15) is 41.8 Å². The molecular weight excluding hydrogens is 468 g/mol. The summed E-state index contributed by atoms with van der Waals surface area (Å²) in [6, 6.07) is 18.3. The molecule has 4 aromatic rings. The number of halogens is 1. The Morgan fingerprint density at radius 2 is 1.69 bits per heavy atom. The molecule has 1 fully saturated rings. The third-order valence-electron chi connectivity index (χ3n) is 7.31. The lowest BCUT2D eigenvalue weighted by atomic mass is 10.0. The number of hydrogen-bond acceptors (Lipinski definition) is 5. The zero-order valence-corrected chi connectivity index (χ0v) is 21.5. The molecule has 4 heterocycles. The van der Waals surface area contributed by atoms with Gasteiger partial charge in [0.15, 0.2) is 5.82 Å². The first kappa shape index (κ1) is 23.2. The number of anilines is 1. The number of hydrogen-bond donors (Lipinski definition) is 0. The number of para-hydroxylation sites is 1. The van der Waals surface area contributed by atoms with Crippen LogP contribution in [0.2, 0.25) is 5.02 Å². The molecule has 6 rings (SSSR count). The largest absolute Gasteiger partial charge is 0.356 e. The number of aromatic nitrogens is 4. The smallest absolute Gasteiger partial charge is 0.159 e. The topological polar surface area (TPSA) is 50.1 Å². The maximum atomic E-state index is 6.05. The van der Waals surface area contributed by atoms with Crippen molar-refractivity contribution in [3.05, 3.63) is 88.3 Å². The van der Waals surface area contributed by atoms with Gasteiger partial charge in [-0.2, -0.15) is 5.10 Å². The molecule has 2 aromatic heterocycles. The van der Waals surface area contributed by atoms with Crippen molar-refractivity contribution in [1.29, 1.82) is 0 Å². The van der Waals surface area contributed by atoms with Gasteiger partial charge in [-0.25, -0.2) is 14.6 Å². The Morgan fingerprint density at radius 1 is 0.917 bits per heavy atom. The molecule has 0 aliphatic carbocycles. The van der Waals surface area contributed by atoms with Crippen LogP contribution in [-0.4, -0.2) is 44.3 Å². The van der Waals surface area contributed by atoms with Gasteiger partial charge in [0.25, 0.3) is 0 Å². The molecule has 6 nitrogen and oxygen atoms in total. The monoisotopic (exact) mass is 498 g/mol. The minimum atomic E-state index is 0.724. The summed E-state index contributed by atoms with van der Waals surface area (Å²) >= 11 is 6.05. The van der Waals surface area contributed by atoms with Crippen molar-refractivity contribution in [1.82, 2.24) is 24.6 Å². The van der Waals surface area contributed by atoms with Crippen molar-refractivity contribution in [3.8, 4) is 17.1 Å². The number of benzene rings is 2. The summed E-state index contributed by atoms with van der Waals surface area (Å²) in [5.41, 5.74) is 6.94. The van der Waals surface area contributed by atoms with Crippen LogP contribution < -0.4 is 4.90 Å². The second-order valence-corrected chi connectivity index (χ2v) is 10.3. The summed E-state index contributed by atoms with van der Waals surface area (Å²) in [5.74, 6) is 2.03. The van der Waals surface area contributed by atoms with Gasteiger partial charge in [-0.1, -0.05) is 29.8 Å². The van der Waals surface area contributed by atoms with Gasteiger partial charge in [-0.15, -0.1) is 0 Å². The molecular formula is C29H31ClN6. The predicted molar refractivity (Wildman–Crippen MR) is 145 cm³/mol. The van der Waals surface area contributed by atoms with E-state index >= 15 is 0 Å². The molecule has 0 amide bonds. The van der Waals surface area contributed by atoms with E-state index in [2.05, 4.69) is 56.7 Å². The summed E-state index contributed by atoms with van der Waals surface area (Å²) in [6.45, 7) is 7.04. The number of nitrogens with zero attached hydrogens (tertiary/aromatic N) is 6. The van der Waals surface area contributed by atoms with Gasteiger partial charge in [0, 0.05) is 67.1 Å². The normalized spacial score (nSPS) is 16.2. The molecule has 184 valence electrons. The van der Waals surface area contributed by atoms with Crippen LogP contribution in [0, 0.1) is 6.92 Å². The summed E-state index contributed by atoms with van der Waals surface area (Å²) in [7, 11) is 0. The summed E-state index contributed by atoms with van der Waals surface area (Å²) in [5, 5.41) is 5.76. The van der Waals surface area contributed by atoms with E-state index in [4.69, 9.17) is 21.7 Å². The van der Waals surface area contributed by atoms with Gasteiger partial charge >= 0.3 is 0 Å². The van der Waals surface area contributed by atoms with Crippen LogP contribution >= 0.6 is 11.6 Å². The molecule has 0 saturated carbocycles. The van der Waals surface area contributed by atoms with E-state index in [0.29, 0.717) is 0 Å². The first-order chi connectivity index (χ1) is 17.7. The van der Waals surface area contributed by atoms with Gasteiger partial charge in [0.1, 0.15) is 5.82 Å². The third-order valence-corrected chi connectivity index (χ3v) is 7.56. The molecule has 2 aromatic carbocycles. The van der Waals surface area contributed by atoms with Gasteiger partial charge in [-0.3, -0.25) is 4.90 Å². The lowest BCUT2D eigenvalue weighted by molar-refractivity contribution is 0.242. The Balaban J connectivity index is 1.27. The molecule has 2 aliphatic heterocycles. The first-order valence-electron chi connectivity index (χ1n) is 12.9. The molecule has 36 heavy (non-hydrogen) atoms. The van der Waals surface area contributed by atoms with Gasteiger partial charge < -0.3 is 4.90 Å². The molecule has 0 unspecified atom stereocenters. The van der Waals surface area contributed by atoms with Crippen LogP contribution in [0.15, 0.2) is 60.8 Å². The molecule has 0 N–H and O–H groups in total. The van der Waals surface area contributed by atoms with Crippen molar-refractivity contribution in [2.75, 3.05) is 24.5 Å². The number of aryl methyl sites for hydroxylation is 1. The van der Waals surface area contributed by atoms with Crippen LogP contribution in [0.5, 0.6) is 0 Å². The Morgan fingerprint density at radius 3 is 2.47 bits per heavy atom. The predicted octanol–water partition coefficient (Wildman–Crippen LogP) is 5.84. The number of piperidine rings is 1.